The van der Waals surface area contributed by atoms with Crippen molar-refractivity contribution in [3.05, 3.63) is 65.5 Å². The Labute approximate surface area is 201 Å². The molecule has 5 rings (SSSR count). The molecule has 7 nitrogen and oxygen atoms in total. The number of likely N-dealkylation sites (tertiary alicyclic amines) is 2. The topological polar surface area (TPSA) is 85.8 Å². The fraction of sp³-hybridized carbons (Fsp3) is 0.519. The molecule has 0 unspecified atom stereocenters. The van der Waals surface area contributed by atoms with Gasteiger partial charge in [0.05, 0.1) is 17.7 Å². The first-order valence-corrected chi connectivity index (χ1v) is 12.6. The molecule has 1 aromatic carbocycles. The number of nitrogens with zero attached hydrogens (tertiary/aromatic N) is 3. The normalized spacial score (nSPS) is 24.1. The quantitative estimate of drug-likeness (QED) is 0.714. The minimum Gasteiger partial charge on any atom is -0.390 e. The second kappa shape index (κ2) is 9.84. The van der Waals surface area contributed by atoms with Gasteiger partial charge in [0, 0.05) is 43.9 Å². The molecule has 3 aliphatic rings. The van der Waals surface area contributed by atoms with Crippen molar-refractivity contribution in [2.24, 2.45) is 0 Å². The Hall–Kier alpha value is -2.77. The second-order valence-electron chi connectivity index (χ2n) is 9.91. The number of benzene rings is 1. The second-order valence-corrected chi connectivity index (χ2v) is 9.91. The lowest BCUT2D eigenvalue weighted by Gasteiger charge is -2.43. The average Bonchev–Trinajstić information content (AvgIpc) is 3.11. The summed E-state index contributed by atoms with van der Waals surface area (Å²) in [4.78, 5) is 34.2. The zero-order chi connectivity index (χ0) is 23.5. The molecule has 2 aromatic rings. The summed E-state index contributed by atoms with van der Waals surface area (Å²) in [5.41, 5.74) is 2.09. The maximum Gasteiger partial charge on any atom is 0.253 e. The number of rotatable bonds is 5. The minimum atomic E-state index is -0.740. The van der Waals surface area contributed by atoms with Crippen LogP contribution >= 0.6 is 0 Å². The summed E-state index contributed by atoms with van der Waals surface area (Å²) in [6.07, 6.45) is 8.14. The third kappa shape index (κ3) is 4.34. The van der Waals surface area contributed by atoms with E-state index in [1.807, 2.05) is 23.1 Å². The summed E-state index contributed by atoms with van der Waals surface area (Å²) in [5.74, 6) is -0.0306. The van der Waals surface area contributed by atoms with E-state index in [2.05, 4.69) is 21.3 Å². The standard InChI is InChI=1S/C27H34N4O3/c32-23(10-16-30-14-4-1-5-15-30)31-17-11-27(12-18-31)22-9-3-2-8-21(22)24(25(27)33)29-26(34)20-7-6-13-28-19-20/h2-3,6-9,13,19,24-25,33H,1,4-5,10-12,14-18H2,(H,29,34)/t24-,25+/m1/s1. The van der Waals surface area contributed by atoms with Crippen molar-refractivity contribution in [2.75, 3.05) is 32.7 Å². The van der Waals surface area contributed by atoms with Crippen LogP contribution in [0.3, 0.4) is 0 Å². The molecule has 2 N–H and O–H groups in total. The summed E-state index contributed by atoms with van der Waals surface area (Å²) in [5, 5.41) is 14.6. The van der Waals surface area contributed by atoms with Gasteiger partial charge in [0.15, 0.2) is 0 Å². The first-order valence-electron chi connectivity index (χ1n) is 12.6. The van der Waals surface area contributed by atoms with Crippen molar-refractivity contribution < 1.29 is 14.7 Å². The van der Waals surface area contributed by atoms with Crippen molar-refractivity contribution in [2.45, 2.75) is 56.1 Å². The first kappa shape index (κ1) is 23.0. The molecule has 2 fully saturated rings. The van der Waals surface area contributed by atoms with Crippen molar-refractivity contribution in [1.29, 1.82) is 0 Å². The molecule has 2 saturated heterocycles. The van der Waals surface area contributed by atoms with Crippen LogP contribution in [0.25, 0.3) is 0 Å². The molecular formula is C27H34N4O3. The zero-order valence-electron chi connectivity index (χ0n) is 19.7. The highest BCUT2D eigenvalue weighted by atomic mass is 16.3. The zero-order valence-corrected chi connectivity index (χ0v) is 19.7. The molecule has 2 amide bonds. The van der Waals surface area contributed by atoms with Crippen LogP contribution in [-0.2, 0) is 10.2 Å². The molecule has 7 heteroatoms. The number of aliphatic hydroxyl groups excluding tert-OH is 1. The molecule has 180 valence electrons. The molecule has 0 bridgehead atoms. The van der Waals surface area contributed by atoms with Crippen molar-refractivity contribution in [3.8, 4) is 0 Å². The van der Waals surface area contributed by atoms with E-state index in [9.17, 15) is 14.7 Å². The SMILES string of the molecule is O=C(N[C@@H]1c2ccccc2C2(CCN(C(=O)CCN3CCCCC3)CC2)[C@H]1O)c1cccnc1. The Kier molecular flexibility index (Phi) is 6.66. The number of fused-ring (bicyclic) bond motifs is 2. The maximum atomic E-state index is 12.9. The minimum absolute atomic E-state index is 0.211. The van der Waals surface area contributed by atoms with Gasteiger partial charge in [-0.05, 0) is 62.0 Å². The van der Waals surface area contributed by atoms with Crippen LogP contribution in [0.1, 0.15) is 66.1 Å². The highest BCUT2D eigenvalue weighted by Gasteiger charge is 2.53. The molecule has 34 heavy (non-hydrogen) atoms. The number of amides is 2. The van der Waals surface area contributed by atoms with E-state index < -0.39 is 17.6 Å². The highest BCUT2D eigenvalue weighted by molar-refractivity contribution is 5.94. The Morgan fingerprint density at radius 1 is 1.03 bits per heavy atom. The van der Waals surface area contributed by atoms with Gasteiger partial charge in [-0.15, -0.1) is 0 Å². The summed E-state index contributed by atoms with van der Waals surface area (Å²) in [7, 11) is 0. The van der Waals surface area contributed by atoms with Gasteiger partial charge in [0.2, 0.25) is 5.91 Å². The summed E-state index contributed by atoms with van der Waals surface area (Å²) >= 11 is 0. The van der Waals surface area contributed by atoms with Crippen molar-refractivity contribution in [1.82, 2.24) is 20.1 Å². The van der Waals surface area contributed by atoms with E-state index in [-0.39, 0.29) is 11.8 Å². The number of aliphatic hydroxyl groups is 1. The Bertz CT molecular complexity index is 1010. The van der Waals surface area contributed by atoms with Crippen LogP contribution in [0, 0.1) is 0 Å². The lowest BCUT2D eigenvalue weighted by molar-refractivity contribution is -0.134. The Morgan fingerprint density at radius 3 is 2.53 bits per heavy atom. The number of pyridine rings is 1. The van der Waals surface area contributed by atoms with Crippen LogP contribution in [0.5, 0.6) is 0 Å². The van der Waals surface area contributed by atoms with Crippen molar-refractivity contribution >= 4 is 11.8 Å². The fourth-order valence-electron chi connectivity index (χ4n) is 6.06. The van der Waals surface area contributed by atoms with Gasteiger partial charge in [-0.1, -0.05) is 30.7 Å². The summed E-state index contributed by atoms with van der Waals surface area (Å²) < 4.78 is 0. The van der Waals surface area contributed by atoms with Gasteiger partial charge in [0.1, 0.15) is 0 Å². The van der Waals surface area contributed by atoms with Gasteiger partial charge in [-0.3, -0.25) is 14.6 Å². The lowest BCUT2D eigenvalue weighted by Crippen LogP contribution is -2.51. The van der Waals surface area contributed by atoms with Gasteiger partial charge < -0.3 is 20.2 Å². The third-order valence-corrected chi connectivity index (χ3v) is 8.02. The molecule has 1 aliphatic carbocycles. The molecule has 3 heterocycles. The first-order chi connectivity index (χ1) is 16.6. The molecule has 0 saturated carbocycles. The Balaban J connectivity index is 1.26. The molecule has 2 aliphatic heterocycles. The van der Waals surface area contributed by atoms with Crippen LogP contribution in [0.15, 0.2) is 48.8 Å². The number of hydrogen-bond donors (Lipinski definition) is 2. The largest absolute Gasteiger partial charge is 0.390 e. The molecule has 0 radical (unpaired) electrons. The summed E-state index contributed by atoms with van der Waals surface area (Å²) in [6.45, 7) is 4.31. The van der Waals surface area contributed by atoms with E-state index in [4.69, 9.17) is 0 Å². The molecule has 2 atom stereocenters. The van der Waals surface area contributed by atoms with E-state index in [1.54, 1.807) is 18.3 Å². The smallest absolute Gasteiger partial charge is 0.253 e. The number of carbonyl (C=O) groups is 2. The number of carbonyl (C=O) groups excluding carboxylic acids is 2. The van der Waals surface area contributed by atoms with Crippen LogP contribution in [-0.4, -0.2) is 70.5 Å². The van der Waals surface area contributed by atoms with E-state index in [1.165, 1.54) is 25.5 Å². The monoisotopic (exact) mass is 462 g/mol. The summed E-state index contributed by atoms with van der Waals surface area (Å²) in [6, 6.07) is 11.0. The number of hydrogen-bond acceptors (Lipinski definition) is 5. The highest BCUT2D eigenvalue weighted by Crippen LogP contribution is 2.51. The van der Waals surface area contributed by atoms with Gasteiger partial charge in [-0.2, -0.15) is 0 Å². The Morgan fingerprint density at radius 2 is 1.79 bits per heavy atom. The van der Waals surface area contributed by atoms with E-state index in [0.717, 1.165) is 30.8 Å². The van der Waals surface area contributed by atoms with Gasteiger partial charge in [-0.25, -0.2) is 0 Å². The average molecular weight is 463 g/mol. The molecule has 1 spiro atoms. The number of aromatic nitrogens is 1. The fourth-order valence-corrected chi connectivity index (χ4v) is 6.06. The molecule has 1 aromatic heterocycles. The third-order valence-electron chi connectivity index (χ3n) is 8.02. The van der Waals surface area contributed by atoms with Gasteiger partial charge >= 0.3 is 0 Å². The maximum absolute atomic E-state index is 12.9. The van der Waals surface area contributed by atoms with Crippen LogP contribution in [0.4, 0.5) is 0 Å². The van der Waals surface area contributed by atoms with Crippen LogP contribution < -0.4 is 5.32 Å². The van der Waals surface area contributed by atoms with E-state index >= 15 is 0 Å². The predicted molar refractivity (Wildman–Crippen MR) is 129 cm³/mol. The number of piperidine rings is 2. The van der Waals surface area contributed by atoms with Crippen LogP contribution in [0.2, 0.25) is 0 Å². The molecular weight excluding hydrogens is 428 g/mol. The lowest BCUT2D eigenvalue weighted by atomic mass is 9.72. The number of nitrogens with one attached hydrogen (secondary N) is 1. The van der Waals surface area contributed by atoms with Crippen molar-refractivity contribution in [3.63, 3.8) is 0 Å². The van der Waals surface area contributed by atoms with E-state index in [0.29, 0.717) is 37.9 Å². The predicted octanol–water partition coefficient (Wildman–Crippen LogP) is 2.66. The van der Waals surface area contributed by atoms with Gasteiger partial charge in [0.25, 0.3) is 5.91 Å².